The van der Waals surface area contributed by atoms with Crippen molar-refractivity contribution in [3.05, 3.63) is 70.1 Å². The van der Waals surface area contributed by atoms with Crippen LogP contribution >= 0.6 is 11.3 Å². The third kappa shape index (κ3) is 2.87. The average molecular weight is 296 g/mol. The van der Waals surface area contributed by atoms with Crippen LogP contribution in [0.5, 0.6) is 0 Å². The minimum absolute atomic E-state index is 0.646. The number of hydrogen-bond acceptors (Lipinski definition) is 2. The summed E-state index contributed by atoms with van der Waals surface area (Å²) in [5.74, 6) is 0. The zero-order valence-corrected chi connectivity index (χ0v) is 13.5. The summed E-state index contributed by atoms with van der Waals surface area (Å²) in [5, 5.41) is 12.2. The molecule has 0 saturated carbocycles. The summed E-state index contributed by atoms with van der Waals surface area (Å²) in [6, 6.07) is 16.8. The van der Waals surface area contributed by atoms with Gasteiger partial charge in [-0.1, -0.05) is 42.0 Å². The largest absolute Gasteiger partial charge is 0.384 e. The Morgan fingerprint density at radius 1 is 1.05 bits per heavy atom. The van der Waals surface area contributed by atoms with E-state index in [1.165, 1.54) is 26.8 Å². The fraction of sp³-hybridized carbons (Fsp3) is 0.263. The van der Waals surface area contributed by atoms with Crippen molar-refractivity contribution in [2.75, 3.05) is 0 Å². The maximum Gasteiger partial charge on any atom is 0.1000 e. The van der Waals surface area contributed by atoms with Crippen LogP contribution in [0.4, 0.5) is 0 Å². The van der Waals surface area contributed by atoms with E-state index in [9.17, 15) is 5.11 Å². The van der Waals surface area contributed by atoms with Gasteiger partial charge in [-0.3, -0.25) is 0 Å². The number of aliphatic hydroxyl groups is 1. The highest BCUT2D eigenvalue weighted by molar-refractivity contribution is 7.19. The smallest absolute Gasteiger partial charge is 0.1000 e. The van der Waals surface area contributed by atoms with Gasteiger partial charge in [0.15, 0.2) is 0 Å². The van der Waals surface area contributed by atoms with Crippen molar-refractivity contribution in [3.63, 3.8) is 0 Å². The van der Waals surface area contributed by atoms with E-state index in [1.54, 1.807) is 11.3 Å². The van der Waals surface area contributed by atoms with Crippen molar-refractivity contribution in [1.29, 1.82) is 0 Å². The van der Waals surface area contributed by atoms with Gasteiger partial charge in [-0.15, -0.1) is 11.3 Å². The van der Waals surface area contributed by atoms with Gasteiger partial charge in [0.2, 0.25) is 0 Å². The fourth-order valence-corrected chi connectivity index (χ4v) is 3.80. The van der Waals surface area contributed by atoms with Crippen LogP contribution < -0.4 is 0 Å². The first-order valence-corrected chi connectivity index (χ1v) is 8.05. The molecule has 1 aromatic heterocycles. The minimum atomic E-state index is -0.831. The van der Waals surface area contributed by atoms with Gasteiger partial charge in [-0.25, -0.2) is 0 Å². The molecule has 0 aliphatic rings. The first-order chi connectivity index (χ1) is 9.95. The molecule has 2 heteroatoms. The lowest BCUT2D eigenvalue weighted by Gasteiger charge is -2.23. The van der Waals surface area contributed by atoms with Crippen molar-refractivity contribution in [1.82, 2.24) is 0 Å². The summed E-state index contributed by atoms with van der Waals surface area (Å²) in [4.78, 5) is 1.03. The summed E-state index contributed by atoms with van der Waals surface area (Å²) < 4.78 is 1.23. The van der Waals surface area contributed by atoms with E-state index in [0.29, 0.717) is 6.42 Å². The number of thiophene rings is 1. The predicted molar refractivity (Wildman–Crippen MR) is 91.0 cm³/mol. The Balaban J connectivity index is 1.97. The molecule has 3 aromatic rings. The SMILES string of the molecule is Cc1ccc(C)c(CC(C)(O)c2cc3ccccc3s2)c1. The Kier molecular flexibility index (Phi) is 3.60. The topological polar surface area (TPSA) is 20.2 Å². The van der Waals surface area contributed by atoms with Crippen molar-refractivity contribution in [2.24, 2.45) is 0 Å². The van der Waals surface area contributed by atoms with E-state index in [1.807, 2.05) is 19.1 Å². The molecular weight excluding hydrogens is 276 g/mol. The highest BCUT2D eigenvalue weighted by atomic mass is 32.1. The molecule has 0 spiro atoms. The number of fused-ring (bicyclic) bond motifs is 1. The van der Waals surface area contributed by atoms with Gasteiger partial charge in [-0.05, 0) is 49.4 Å². The summed E-state index contributed by atoms with van der Waals surface area (Å²) in [6.45, 7) is 6.12. The Bertz CT molecular complexity index is 750. The molecule has 1 N–H and O–H groups in total. The normalized spacial score (nSPS) is 14.3. The lowest BCUT2D eigenvalue weighted by Crippen LogP contribution is -2.23. The maximum absolute atomic E-state index is 11.0. The summed E-state index contributed by atoms with van der Waals surface area (Å²) in [7, 11) is 0. The molecule has 3 rings (SSSR count). The van der Waals surface area contributed by atoms with Gasteiger partial charge in [0.1, 0.15) is 0 Å². The molecule has 0 saturated heterocycles. The van der Waals surface area contributed by atoms with E-state index in [4.69, 9.17) is 0 Å². The first kappa shape index (κ1) is 14.3. The Morgan fingerprint density at radius 2 is 1.81 bits per heavy atom. The van der Waals surface area contributed by atoms with E-state index < -0.39 is 5.60 Å². The summed E-state index contributed by atoms with van der Waals surface area (Å²) >= 11 is 1.68. The van der Waals surface area contributed by atoms with Crippen LogP contribution in [0, 0.1) is 13.8 Å². The van der Waals surface area contributed by atoms with Gasteiger partial charge in [0.25, 0.3) is 0 Å². The molecule has 1 nitrogen and oxygen atoms in total. The molecular formula is C19H20OS. The molecule has 0 amide bonds. The first-order valence-electron chi connectivity index (χ1n) is 7.23. The van der Waals surface area contributed by atoms with Gasteiger partial charge in [-0.2, -0.15) is 0 Å². The highest BCUT2D eigenvalue weighted by Gasteiger charge is 2.26. The maximum atomic E-state index is 11.0. The standard InChI is InChI=1S/C19H20OS/c1-13-8-9-14(2)16(10-13)12-19(3,20)18-11-15-6-4-5-7-17(15)21-18/h4-11,20H,12H2,1-3H3. The zero-order valence-electron chi connectivity index (χ0n) is 12.7. The number of rotatable bonds is 3. The number of hydrogen-bond donors (Lipinski definition) is 1. The third-order valence-electron chi connectivity index (χ3n) is 4.00. The van der Waals surface area contributed by atoms with Gasteiger partial charge in [0, 0.05) is 16.0 Å². The second kappa shape index (κ2) is 5.28. The lowest BCUT2D eigenvalue weighted by atomic mass is 9.91. The van der Waals surface area contributed by atoms with Crippen molar-refractivity contribution < 1.29 is 5.11 Å². The van der Waals surface area contributed by atoms with E-state index >= 15 is 0 Å². The molecule has 1 atom stereocenters. The second-order valence-electron chi connectivity index (χ2n) is 6.03. The molecule has 0 radical (unpaired) electrons. The molecule has 0 bridgehead atoms. The van der Waals surface area contributed by atoms with Gasteiger partial charge < -0.3 is 5.11 Å². The van der Waals surface area contributed by atoms with Crippen LogP contribution in [0.25, 0.3) is 10.1 Å². The number of aryl methyl sites for hydroxylation is 2. The van der Waals surface area contributed by atoms with E-state index in [0.717, 1.165) is 4.88 Å². The Labute approximate surface area is 129 Å². The average Bonchev–Trinajstić information content (AvgIpc) is 2.87. The molecule has 0 fully saturated rings. The molecule has 0 aliphatic carbocycles. The molecule has 1 heterocycles. The predicted octanol–water partition coefficient (Wildman–Crippen LogP) is 4.97. The van der Waals surface area contributed by atoms with Crippen molar-refractivity contribution in [3.8, 4) is 0 Å². The van der Waals surface area contributed by atoms with Gasteiger partial charge >= 0.3 is 0 Å². The third-order valence-corrected chi connectivity index (χ3v) is 5.36. The molecule has 21 heavy (non-hydrogen) atoms. The van der Waals surface area contributed by atoms with Crippen LogP contribution in [0.15, 0.2) is 48.5 Å². The van der Waals surface area contributed by atoms with Crippen LogP contribution in [0.2, 0.25) is 0 Å². The molecule has 2 aromatic carbocycles. The van der Waals surface area contributed by atoms with Crippen LogP contribution in [-0.2, 0) is 12.0 Å². The highest BCUT2D eigenvalue weighted by Crippen LogP contribution is 2.35. The summed E-state index contributed by atoms with van der Waals surface area (Å²) in [5.41, 5.74) is 2.87. The monoisotopic (exact) mass is 296 g/mol. The van der Waals surface area contributed by atoms with Crippen LogP contribution in [0.3, 0.4) is 0 Å². The van der Waals surface area contributed by atoms with E-state index in [-0.39, 0.29) is 0 Å². The second-order valence-corrected chi connectivity index (χ2v) is 7.11. The Hall–Kier alpha value is -1.64. The van der Waals surface area contributed by atoms with E-state index in [2.05, 4.69) is 50.2 Å². The van der Waals surface area contributed by atoms with Crippen molar-refractivity contribution in [2.45, 2.75) is 32.8 Å². The van der Waals surface area contributed by atoms with Crippen LogP contribution in [0.1, 0.15) is 28.5 Å². The summed E-state index contributed by atoms with van der Waals surface area (Å²) in [6.07, 6.45) is 0.646. The van der Waals surface area contributed by atoms with Crippen molar-refractivity contribution >= 4 is 21.4 Å². The molecule has 1 unspecified atom stereocenters. The number of benzene rings is 2. The zero-order chi connectivity index (χ0) is 15.0. The minimum Gasteiger partial charge on any atom is -0.384 e. The molecule has 108 valence electrons. The molecule has 0 aliphatic heterocycles. The lowest BCUT2D eigenvalue weighted by molar-refractivity contribution is 0.0614. The van der Waals surface area contributed by atoms with Crippen LogP contribution in [-0.4, -0.2) is 5.11 Å². The quantitative estimate of drug-likeness (QED) is 0.723. The van der Waals surface area contributed by atoms with Gasteiger partial charge in [0.05, 0.1) is 5.60 Å². The fourth-order valence-electron chi connectivity index (χ4n) is 2.70. The Morgan fingerprint density at radius 3 is 2.57 bits per heavy atom.